The summed E-state index contributed by atoms with van der Waals surface area (Å²) >= 11 is 13.5. The van der Waals surface area contributed by atoms with Crippen LogP contribution >= 0.6 is 34.7 Å². The van der Waals surface area contributed by atoms with Crippen LogP contribution in [0.4, 0.5) is 19.0 Å². The van der Waals surface area contributed by atoms with Crippen LogP contribution in [0.2, 0.25) is 10.0 Å². The van der Waals surface area contributed by atoms with E-state index in [1.807, 2.05) is 29.6 Å². The maximum atomic E-state index is 13.5. The second kappa shape index (κ2) is 9.88. The molecule has 2 aromatic carbocycles. The van der Waals surface area contributed by atoms with E-state index < -0.39 is 29.7 Å². The van der Waals surface area contributed by atoms with Gasteiger partial charge in [-0.15, -0.1) is 5.10 Å². The third kappa shape index (κ3) is 5.11. The largest absolute Gasteiger partial charge is 0.435 e. The molecule has 190 valence electrons. The number of fused-ring (bicyclic) bond motifs is 1. The molecule has 0 bridgehead atoms. The Kier molecular flexibility index (Phi) is 6.78. The smallest absolute Gasteiger partial charge is 0.351 e. The molecule has 13 heteroatoms. The van der Waals surface area contributed by atoms with Crippen molar-refractivity contribution >= 4 is 52.2 Å². The van der Waals surface area contributed by atoms with Crippen molar-refractivity contribution in [2.45, 2.75) is 25.7 Å². The second-order valence-electron chi connectivity index (χ2n) is 8.38. The van der Waals surface area contributed by atoms with Crippen molar-refractivity contribution in [3.8, 4) is 11.3 Å². The average molecular weight is 565 g/mol. The third-order valence-corrected chi connectivity index (χ3v) is 7.21. The number of aliphatic imine (C=N–C) groups is 1. The van der Waals surface area contributed by atoms with E-state index in [1.165, 1.54) is 23.7 Å². The van der Waals surface area contributed by atoms with Crippen LogP contribution in [0.25, 0.3) is 11.3 Å². The Balaban J connectivity index is 1.44. The molecule has 0 saturated heterocycles. The zero-order chi connectivity index (χ0) is 26.3. The summed E-state index contributed by atoms with van der Waals surface area (Å²) in [4.78, 5) is 17.7. The molecule has 0 fully saturated rings. The van der Waals surface area contributed by atoms with Crippen LogP contribution in [-0.4, -0.2) is 31.0 Å². The fourth-order valence-corrected chi connectivity index (χ4v) is 4.95. The first-order chi connectivity index (χ1) is 17.6. The predicted molar refractivity (Wildman–Crippen MR) is 135 cm³/mol. The molecule has 37 heavy (non-hydrogen) atoms. The van der Waals surface area contributed by atoms with Crippen LogP contribution in [0.3, 0.4) is 0 Å². The Bertz CT molecular complexity index is 1490. The minimum atomic E-state index is -4.67. The number of alkyl halides is 3. The molecule has 0 spiro atoms. The molecule has 7 nitrogen and oxygen atoms in total. The quantitative estimate of drug-likeness (QED) is 0.306. The molecule has 1 aliphatic rings. The lowest BCUT2D eigenvalue weighted by molar-refractivity contribution is -0.141. The highest BCUT2D eigenvalue weighted by Gasteiger charge is 2.42. The van der Waals surface area contributed by atoms with E-state index in [0.717, 1.165) is 27.6 Å². The number of halogens is 5. The molecule has 5 rings (SSSR count). The van der Waals surface area contributed by atoms with Gasteiger partial charge in [0, 0.05) is 29.3 Å². The number of nitrogens with zero attached hydrogens (tertiary/aromatic N) is 5. The lowest BCUT2D eigenvalue weighted by Crippen LogP contribution is -2.42. The zero-order valence-electron chi connectivity index (χ0n) is 19.0. The van der Waals surface area contributed by atoms with E-state index in [4.69, 9.17) is 23.2 Å². The number of hydrogen-bond acceptors (Lipinski definition) is 6. The van der Waals surface area contributed by atoms with Crippen molar-refractivity contribution in [1.82, 2.24) is 24.7 Å². The number of amides is 1. The Morgan fingerprint density at radius 2 is 1.86 bits per heavy atom. The Morgan fingerprint density at radius 1 is 1.11 bits per heavy atom. The Hall–Kier alpha value is -3.28. The fourth-order valence-electron chi connectivity index (χ4n) is 4.18. The lowest BCUT2D eigenvalue weighted by Gasteiger charge is -2.31. The molecule has 1 amide bonds. The summed E-state index contributed by atoms with van der Waals surface area (Å²) < 4.78 is 45.3. The van der Waals surface area contributed by atoms with E-state index in [2.05, 4.69) is 25.0 Å². The molecule has 2 unspecified atom stereocenters. The minimum Gasteiger partial charge on any atom is -0.351 e. The molecular formula is C24H17Cl2F3N6OS. The number of hydrogen-bond donors (Lipinski definition) is 1. The summed E-state index contributed by atoms with van der Waals surface area (Å²) in [5, 5.41) is 13.0. The standard InChI is InChI=1S/C24H17Cl2F3N6OS/c1-12-21(23(36)30-10-13-2-4-14(5-3-13)18-11-37-34-32-18)22(15-6-7-16(25)17(26)8-15)35-20(31-12)9-19(33-35)24(27,28)29/h2-9,11,21-22H,10H2,1H3,(H,30,36). The molecule has 0 aliphatic carbocycles. The normalized spacial score (nSPS) is 17.3. The van der Waals surface area contributed by atoms with Gasteiger partial charge in [0.2, 0.25) is 5.91 Å². The summed E-state index contributed by atoms with van der Waals surface area (Å²) in [6, 6.07) is 12.1. The minimum absolute atomic E-state index is 0.00272. The average Bonchev–Trinajstić information content (AvgIpc) is 3.54. The summed E-state index contributed by atoms with van der Waals surface area (Å²) in [7, 11) is 0. The van der Waals surface area contributed by atoms with E-state index in [0.29, 0.717) is 11.3 Å². The van der Waals surface area contributed by atoms with E-state index in [1.54, 1.807) is 13.0 Å². The molecule has 4 aromatic rings. The summed E-state index contributed by atoms with van der Waals surface area (Å²) in [5.41, 5.74) is 2.21. The highest BCUT2D eigenvalue weighted by Crippen LogP contribution is 2.41. The zero-order valence-corrected chi connectivity index (χ0v) is 21.3. The van der Waals surface area contributed by atoms with Gasteiger partial charge in [-0.25, -0.2) is 9.67 Å². The van der Waals surface area contributed by atoms with E-state index in [9.17, 15) is 18.0 Å². The van der Waals surface area contributed by atoms with Crippen molar-refractivity contribution in [1.29, 1.82) is 0 Å². The van der Waals surface area contributed by atoms with E-state index in [-0.39, 0.29) is 22.4 Å². The van der Waals surface area contributed by atoms with E-state index >= 15 is 0 Å². The van der Waals surface area contributed by atoms with Gasteiger partial charge in [0.1, 0.15) is 11.6 Å². The maximum absolute atomic E-state index is 13.5. The van der Waals surface area contributed by atoms with Crippen LogP contribution in [-0.2, 0) is 17.5 Å². The van der Waals surface area contributed by atoms with Crippen LogP contribution in [0, 0.1) is 5.92 Å². The number of aromatic nitrogens is 4. The van der Waals surface area contributed by atoms with Gasteiger partial charge in [0.15, 0.2) is 11.5 Å². The van der Waals surface area contributed by atoms with Crippen molar-refractivity contribution in [3.63, 3.8) is 0 Å². The highest BCUT2D eigenvalue weighted by atomic mass is 35.5. The first-order valence-corrected chi connectivity index (χ1v) is 12.5. The highest BCUT2D eigenvalue weighted by molar-refractivity contribution is 7.03. The third-order valence-electron chi connectivity index (χ3n) is 5.97. The van der Waals surface area contributed by atoms with Crippen molar-refractivity contribution < 1.29 is 18.0 Å². The second-order valence-corrected chi connectivity index (χ2v) is 9.81. The number of carbonyl (C=O) groups excluding carboxylic acids is 1. The summed E-state index contributed by atoms with van der Waals surface area (Å²) in [6.07, 6.45) is -4.67. The fraction of sp³-hybridized carbons (Fsp3) is 0.208. The van der Waals surface area contributed by atoms with Crippen molar-refractivity contribution in [2.24, 2.45) is 10.9 Å². The predicted octanol–water partition coefficient (Wildman–Crippen LogP) is 6.36. The van der Waals surface area contributed by atoms with Gasteiger partial charge >= 0.3 is 6.18 Å². The SMILES string of the molecule is CC1=Nc2cc(C(F)(F)F)nn2C(c2ccc(Cl)c(Cl)c2)C1C(=O)NCc1ccc(-c2csnn2)cc1. The topological polar surface area (TPSA) is 85.1 Å². The van der Waals surface area contributed by atoms with Gasteiger partial charge in [-0.05, 0) is 41.7 Å². The van der Waals surface area contributed by atoms with Crippen LogP contribution in [0.1, 0.15) is 29.8 Å². The maximum Gasteiger partial charge on any atom is 0.435 e. The molecule has 1 N–H and O–H groups in total. The molecule has 0 radical (unpaired) electrons. The van der Waals surface area contributed by atoms with Gasteiger partial charge in [0.25, 0.3) is 0 Å². The monoisotopic (exact) mass is 564 g/mol. The molecule has 2 atom stereocenters. The molecular weight excluding hydrogens is 548 g/mol. The van der Waals surface area contributed by atoms with Gasteiger partial charge in [0.05, 0.1) is 16.1 Å². The number of carbonyl (C=O) groups is 1. The van der Waals surface area contributed by atoms with Crippen LogP contribution in [0.5, 0.6) is 0 Å². The van der Waals surface area contributed by atoms with Crippen molar-refractivity contribution in [3.05, 3.63) is 80.8 Å². The van der Waals surface area contributed by atoms with Crippen LogP contribution in [0.15, 0.2) is 58.9 Å². The first-order valence-electron chi connectivity index (χ1n) is 10.9. The molecule has 2 aromatic heterocycles. The van der Waals surface area contributed by atoms with Gasteiger partial charge < -0.3 is 5.32 Å². The number of rotatable bonds is 5. The summed E-state index contributed by atoms with van der Waals surface area (Å²) in [6.45, 7) is 1.81. The lowest BCUT2D eigenvalue weighted by atomic mass is 9.87. The van der Waals surface area contributed by atoms with Gasteiger partial charge in [-0.2, -0.15) is 18.3 Å². The number of nitrogens with one attached hydrogen (secondary N) is 1. The molecule has 0 saturated carbocycles. The van der Waals surface area contributed by atoms with Crippen LogP contribution < -0.4 is 5.32 Å². The van der Waals surface area contributed by atoms with Gasteiger partial charge in [-0.3, -0.25) is 4.79 Å². The Labute approximate surface area is 223 Å². The molecule has 1 aliphatic heterocycles. The Morgan fingerprint density at radius 3 is 2.51 bits per heavy atom. The summed E-state index contributed by atoms with van der Waals surface area (Å²) in [5.74, 6) is -1.36. The number of benzene rings is 2. The van der Waals surface area contributed by atoms with Gasteiger partial charge in [-0.1, -0.05) is 58.0 Å². The first kappa shape index (κ1) is 25.4. The molecule has 3 heterocycles. The van der Waals surface area contributed by atoms with Crippen molar-refractivity contribution in [2.75, 3.05) is 0 Å².